The number of nitrogens with one attached hydrogen (secondary N) is 2. The number of carbonyl (C=O) groups excluding carboxylic acids is 2. The molecule has 0 atom stereocenters. The molecule has 17 heavy (non-hydrogen) atoms. The van der Waals surface area contributed by atoms with Gasteiger partial charge in [0.25, 0.3) is 0 Å². The Kier molecular flexibility index (Phi) is 4.71. The number of imide groups is 1. The molecule has 92 valence electrons. The van der Waals surface area contributed by atoms with Crippen molar-refractivity contribution in [3.63, 3.8) is 0 Å². The van der Waals surface area contributed by atoms with Gasteiger partial charge in [0, 0.05) is 11.8 Å². The molecule has 0 aliphatic rings. The Morgan fingerprint density at radius 2 is 2.18 bits per heavy atom. The first-order valence-corrected chi connectivity index (χ1v) is 5.10. The maximum absolute atomic E-state index is 13.2. The van der Waals surface area contributed by atoms with E-state index in [-0.39, 0.29) is 17.3 Å². The molecule has 0 fully saturated rings. The van der Waals surface area contributed by atoms with Gasteiger partial charge >= 0.3 is 6.03 Å². The molecule has 0 spiro atoms. The van der Waals surface area contributed by atoms with Crippen molar-refractivity contribution in [3.05, 3.63) is 24.0 Å². The van der Waals surface area contributed by atoms with Crippen LogP contribution in [0.1, 0.15) is 0 Å². The molecule has 7 heteroatoms. The number of methoxy groups -OCH3 is 1. The summed E-state index contributed by atoms with van der Waals surface area (Å²) in [6.45, 7) is 0. The van der Waals surface area contributed by atoms with Gasteiger partial charge in [-0.15, -0.1) is 11.6 Å². The molecule has 0 unspecified atom stereocenters. The van der Waals surface area contributed by atoms with Gasteiger partial charge in [0.15, 0.2) is 11.6 Å². The third-order valence-electron chi connectivity index (χ3n) is 1.78. The van der Waals surface area contributed by atoms with E-state index in [1.54, 1.807) is 0 Å². The fourth-order valence-electron chi connectivity index (χ4n) is 1.07. The summed E-state index contributed by atoms with van der Waals surface area (Å²) in [6, 6.07) is 3.09. The lowest BCUT2D eigenvalue weighted by atomic mass is 10.3. The van der Waals surface area contributed by atoms with Gasteiger partial charge in [0.2, 0.25) is 5.91 Å². The lowest BCUT2D eigenvalue weighted by molar-refractivity contribution is -0.117. The molecule has 5 nitrogen and oxygen atoms in total. The Morgan fingerprint density at radius 1 is 1.47 bits per heavy atom. The molecule has 0 heterocycles. The predicted molar refractivity (Wildman–Crippen MR) is 60.8 cm³/mol. The van der Waals surface area contributed by atoms with Crippen LogP contribution in [0.5, 0.6) is 5.75 Å². The number of amides is 3. The van der Waals surface area contributed by atoms with Crippen LogP contribution >= 0.6 is 11.6 Å². The quantitative estimate of drug-likeness (QED) is 0.813. The zero-order chi connectivity index (χ0) is 12.8. The molecule has 0 aliphatic carbocycles. The lowest BCUT2D eigenvalue weighted by Crippen LogP contribution is -2.35. The van der Waals surface area contributed by atoms with Crippen molar-refractivity contribution in [2.24, 2.45) is 0 Å². The summed E-state index contributed by atoms with van der Waals surface area (Å²) in [5.41, 5.74) is 0.197. The Bertz CT molecular complexity index is 440. The van der Waals surface area contributed by atoms with E-state index in [0.29, 0.717) is 0 Å². The van der Waals surface area contributed by atoms with E-state index in [2.05, 4.69) is 5.32 Å². The third kappa shape index (κ3) is 3.92. The first-order chi connectivity index (χ1) is 8.06. The minimum atomic E-state index is -0.778. The van der Waals surface area contributed by atoms with Crippen molar-refractivity contribution >= 4 is 29.2 Å². The zero-order valence-electron chi connectivity index (χ0n) is 8.92. The molecule has 3 amide bonds. The van der Waals surface area contributed by atoms with Crippen LogP contribution in [0.4, 0.5) is 14.9 Å². The van der Waals surface area contributed by atoms with Crippen LogP contribution < -0.4 is 15.4 Å². The van der Waals surface area contributed by atoms with Crippen LogP contribution in [0.2, 0.25) is 0 Å². The molecule has 0 saturated heterocycles. The van der Waals surface area contributed by atoms with E-state index < -0.39 is 17.8 Å². The average Bonchev–Trinajstić information content (AvgIpc) is 2.29. The molecular formula is C10H10ClFN2O3. The number of anilines is 1. The number of rotatable bonds is 3. The van der Waals surface area contributed by atoms with Crippen molar-refractivity contribution < 1.29 is 18.7 Å². The Hall–Kier alpha value is -1.82. The highest BCUT2D eigenvalue weighted by molar-refractivity contribution is 6.28. The summed E-state index contributed by atoms with van der Waals surface area (Å²) in [5.74, 6) is -1.52. The van der Waals surface area contributed by atoms with Crippen molar-refractivity contribution in [1.29, 1.82) is 0 Å². The predicted octanol–water partition coefficient (Wildman–Crippen LogP) is 1.72. The second-order valence-corrected chi connectivity index (χ2v) is 3.25. The summed E-state index contributed by atoms with van der Waals surface area (Å²) in [4.78, 5) is 22.0. The van der Waals surface area contributed by atoms with E-state index in [0.717, 1.165) is 6.07 Å². The maximum atomic E-state index is 13.2. The van der Waals surface area contributed by atoms with Gasteiger partial charge in [-0.1, -0.05) is 0 Å². The average molecular weight is 261 g/mol. The standard InChI is InChI=1S/C10H10ClFN2O3/c1-17-8-3-2-6(4-7(8)12)13-10(16)14-9(15)5-11/h2-4H,5H2,1H3,(H2,13,14,15,16). The van der Waals surface area contributed by atoms with Crippen LogP contribution in [-0.2, 0) is 4.79 Å². The van der Waals surface area contributed by atoms with Crippen molar-refractivity contribution in [2.45, 2.75) is 0 Å². The number of alkyl halides is 1. The minimum absolute atomic E-state index is 0.0628. The van der Waals surface area contributed by atoms with Gasteiger partial charge in [-0.25, -0.2) is 9.18 Å². The SMILES string of the molecule is COc1ccc(NC(=O)NC(=O)CCl)cc1F. The molecule has 1 aromatic rings. The monoisotopic (exact) mass is 260 g/mol. The summed E-state index contributed by atoms with van der Waals surface area (Å²) in [5, 5.41) is 4.23. The molecule has 0 aliphatic heterocycles. The Morgan fingerprint density at radius 3 is 2.71 bits per heavy atom. The number of hydrogen-bond donors (Lipinski definition) is 2. The number of halogens is 2. The van der Waals surface area contributed by atoms with Crippen molar-refractivity contribution in [2.75, 3.05) is 18.3 Å². The number of urea groups is 1. The van der Waals surface area contributed by atoms with Crippen LogP contribution in [0, 0.1) is 5.82 Å². The number of carbonyl (C=O) groups is 2. The van der Waals surface area contributed by atoms with E-state index in [1.165, 1.54) is 19.2 Å². The molecule has 0 bridgehead atoms. The second kappa shape index (κ2) is 6.05. The van der Waals surface area contributed by atoms with Crippen molar-refractivity contribution in [3.8, 4) is 5.75 Å². The zero-order valence-corrected chi connectivity index (χ0v) is 9.68. The topological polar surface area (TPSA) is 67.4 Å². The first-order valence-electron chi connectivity index (χ1n) is 4.57. The van der Waals surface area contributed by atoms with E-state index >= 15 is 0 Å². The highest BCUT2D eigenvalue weighted by atomic mass is 35.5. The second-order valence-electron chi connectivity index (χ2n) is 2.99. The molecule has 0 aromatic heterocycles. The van der Waals surface area contributed by atoms with Gasteiger partial charge < -0.3 is 10.1 Å². The first kappa shape index (κ1) is 13.2. The van der Waals surface area contributed by atoms with Crippen LogP contribution in [-0.4, -0.2) is 24.9 Å². The fourth-order valence-corrected chi connectivity index (χ4v) is 1.13. The highest BCUT2D eigenvalue weighted by Crippen LogP contribution is 2.20. The van der Waals surface area contributed by atoms with Gasteiger partial charge in [0.1, 0.15) is 5.88 Å². The van der Waals surface area contributed by atoms with Gasteiger partial charge in [0.05, 0.1) is 7.11 Å². The van der Waals surface area contributed by atoms with E-state index in [1.807, 2.05) is 5.32 Å². The number of benzene rings is 1. The van der Waals surface area contributed by atoms with Crippen LogP contribution in [0.15, 0.2) is 18.2 Å². The van der Waals surface area contributed by atoms with E-state index in [4.69, 9.17) is 16.3 Å². The molecule has 1 rings (SSSR count). The Labute approximate surface area is 102 Å². The molecule has 1 aromatic carbocycles. The summed E-state index contributed by atoms with van der Waals surface area (Å²) in [7, 11) is 1.33. The fraction of sp³-hybridized carbons (Fsp3) is 0.200. The molecule has 2 N–H and O–H groups in total. The lowest BCUT2D eigenvalue weighted by Gasteiger charge is -2.07. The summed E-state index contributed by atoms with van der Waals surface area (Å²) >= 11 is 5.20. The Balaban J connectivity index is 2.66. The van der Waals surface area contributed by atoms with Crippen LogP contribution in [0.3, 0.4) is 0 Å². The maximum Gasteiger partial charge on any atom is 0.325 e. The highest BCUT2D eigenvalue weighted by Gasteiger charge is 2.08. The number of hydrogen-bond acceptors (Lipinski definition) is 3. The molecule has 0 radical (unpaired) electrons. The van der Waals surface area contributed by atoms with Gasteiger partial charge in [-0.05, 0) is 12.1 Å². The van der Waals surface area contributed by atoms with Crippen LogP contribution in [0.25, 0.3) is 0 Å². The normalized spacial score (nSPS) is 9.59. The summed E-state index contributed by atoms with van der Waals surface area (Å²) < 4.78 is 18.0. The third-order valence-corrected chi connectivity index (χ3v) is 2.03. The van der Waals surface area contributed by atoms with Crippen molar-refractivity contribution in [1.82, 2.24) is 5.32 Å². The smallest absolute Gasteiger partial charge is 0.325 e. The van der Waals surface area contributed by atoms with E-state index in [9.17, 15) is 14.0 Å². The molecular weight excluding hydrogens is 251 g/mol. The van der Waals surface area contributed by atoms with Gasteiger partial charge in [-0.2, -0.15) is 0 Å². The summed E-state index contributed by atoms with van der Waals surface area (Å²) in [6.07, 6.45) is 0. The van der Waals surface area contributed by atoms with Gasteiger partial charge in [-0.3, -0.25) is 10.1 Å². The minimum Gasteiger partial charge on any atom is -0.494 e. The largest absolute Gasteiger partial charge is 0.494 e. The number of ether oxygens (including phenoxy) is 1. The molecule has 0 saturated carbocycles.